The number of hydrogen-bond acceptors (Lipinski definition) is 5. The third-order valence-corrected chi connectivity index (χ3v) is 4.31. The summed E-state index contributed by atoms with van der Waals surface area (Å²) in [4.78, 5) is 13.6. The molecule has 2 aromatic carbocycles. The van der Waals surface area contributed by atoms with Crippen LogP contribution in [0.2, 0.25) is 0 Å². The van der Waals surface area contributed by atoms with Gasteiger partial charge in [-0.25, -0.2) is 4.98 Å². The van der Waals surface area contributed by atoms with Gasteiger partial charge in [-0.1, -0.05) is 28.1 Å². The van der Waals surface area contributed by atoms with E-state index in [1.165, 1.54) is 0 Å². The summed E-state index contributed by atoms with van der Waals surface area (Å²) in [6.07, 6.45) is 0. The summed E-state index contributed by atoms with van der Waals surface area (Å²) in [5, 5.41) is 3.26. The van der Waals surface area contributed by atoms with E-state index in [1.807, 2.05) is 60.0 Å². The number of rotatable bonds is 3. The fraction of sp³-hybridized carbons (Fsp3) is 0.0556. The number of nitrogens with one attached hydrogen (secondary N) is 1. The molecule has 7 heteroatoms. The molecule has 0 radical (unpaired) electrons. The Morgan fingerprint density at radius 3 is 2.56 bits per heavy atom. The second kappa shape index (κ2) is 6.18. The van der Waals surface area contributed by atoms with Crippen LogP contribution in [0.15, 0.2) is 59.1 Å². The summed E-state index contributed by atoms with van der Waals surface area (Å²) < 4.78 is 2.92. The van der Waals surface area contributed by atoms with Gasteiger partial charge >= 0.3 is 0 Å². The largest absolute Gasteiger partial charge is 0.383 e. The molecule has 0 aliphatic heterocycles. The molecule has 0 spiro atoms. The van der Waals surface area contributed by atoms with Gasteiger partial charge in [-0.3, -0.25) is 4.57 Å². The van der Waals surface area contributed by atoms with Crippen LogP contribution in [0.1, 0.15) is 5.82 Å². The van der Waals surface area contributed by atoms with Gasteiger partial charge in [0.05, 0.1) is 11.0 Å². The molecule has 4 rings (SSSR count). The van der Waals surface area contributed by atoms with Crippen molar-refractivity contribution in [1.82, 2.24) is 19.5 Å². The fourth-order valence-electron chi connectivity index (χ4n) is 2.70. The highest BCUT2D eigenvalue weighted by Gasteiger charge is 2.13. The van der Waals surface area contributed by atoms with Crippen molar-refractivity contribution in [2.45, 2.75) is 6.92 Å². The summed E-state index contributed by atoms with van der Waals surface area (Å²) in [5.41, 5.74) is 8.76. The van der Waals surface area contributed by atoms with Crippen molar-refractivity contribution in [3.63, 3.8) is 0 Å². The van der Waals surface area contributed by atoms with E-state index in [0.717, 1.165) is 27.0 Å². The van der Waals surface area contributed by atoms with Crippen molar-refractivity contribution in [3.8, 4) is 5.95 Å². The first-order valence-electron chi connectivity index (χ1n) is 7.72. The Labute approximate surface area is 152 Å². The maximum absolute atomic E-state index is 6.01. The van der Waals surface area contributed by atoms with Crippen LogP contribution in [0.25, 0.3) is 17.0 Å². The minimum atomic E-state index is 0.391. The van der Waals surface area contributed by atoms with Crippen LogP contribution in [-0.2, 0) is 0 Å². The lowest BCUT2D eigenvalue weighted by atomic mass is 10.3. The Kier molecular flexibility index (Phi) is 3.85. The topological polar surface area (TPSA) is 81.7 Å². The molecule has 6 nitrogen and oxygen atoms in total. The molecule has 124 valence electrons. The molecule has 2 heterocycles. The standard InChI is InChI=1S/C18H15BrN6/c1-11-21-14-4-2-3-5-15(14)25(11)18-23-16(20)10-17(24-18)22-13-8-6-12(19)7-9-13/h2-10H,1H3,(H3,20,22,23,24). The molecular formula is C18H15BrN6. The van der Waals surface area contributed by atoms with Crippen LogP contribution in [0.4, 0.5) is 17.3 Å². The number of nitrogen functional groups attached to an aromatic ring is 1. The summed E-state index contributed by atoms with van der Waals surface area (Å²) in [5.74, 6) is 2.32. The number of imidazole rings is 1. The Morgan fingerprint density at radius 2 is 1.76 bits per heavy atom. The predicted molar refractivity (Wildman–Crippen MR) is 103 cm³/mol. The normalized spacial score (nSPS) is 11.0. The minimum absolute atomic E-state index is 0.391. The van der Waals surface area contributed by atoms with Gasteiger partial charge in [0.25, 0.3) is 0 Å². The maximum Gasteiger partial charge on any atom is 0.239 e. The van der Waals surface area contributed by atoms with E-state index >= 15 is 0 Å². The van der Waals surface area contributed by atoms with Crippen LogP contribution in [0, 0.1) is 6.92 Å². The molecular weight excluding hydrogens is 380 g/mol. The van der Waals surface area contributed by atoms with Crippen LogP contribution in [0.5, 0.6) is 0 Å². The van der Waals surface area contributed by atoms with Gasteiger partial charge in [0.2, 0.25) is 5.95 Å². The number of hydrogen-bond donors (Lipinski definition) is 2. The summed E-state index contributed by atoms with van der Waals surface area (Å²) >= 11 is 3.43. The zero-order valence-electron chi connectivity index (χ0n) is 13.4. The number of fused-ring (bicyclic) bond motifs is 1. The molecule has 0 amide bonds. The van der Waals surface area contributed by atoms with Crippen LogP contribution >= 0.6 is 15.9 Å². The van der Waals surface area contributed by atoms with Crippen molar-refractivity contribution in [2.24, 2.45) is 0 Å². The van der Waals surface area contributed by atoms with Crippen molar-refractivity contribution in [2.75, 3.05) is 11.1 Å². The molecule has 0 saturated carbocycles. The van der Waals surface area contributed by atoms with Crippen molar-refractivity contribution in [3.05, 3.63) is 64.9 Å². The first-order valence-corrected chi connectivity index (χ1v) is 8.51. The number of aromatic nitrogens is 4. The van der Waals surface area contributed by atoms with E-state index in [4.69, 9.17) is 5.73 Å². The Morgan fingerprint density at radius 1 is 1.00 bits per heavy atom. The molecule has 0 atom stereocenters. The highest BCUT2D eigenvalue weighted by molar-refractivity contribution is 9.10. The first kappa shape index (κ1) is 15.6. The monoisotopic (exact) mass is 394 g/mol. The van der Waals surface area contributed by atoms with Crippen molar-refractivity contribution < 1.29 is 0 Å². The quantitative estimate of drug-likeness (QED) is 0.543. The van der Waals surface area contributed by atoms with E-state index in [0.29, 0.717) is 17.6 Å². The van der Waals surface area contributed by atoms with Gasteiger partial charge in [0.15, 0.2) is 0 Å². The Hall–Kier alpha value is -2.93. The number of nitrogens with two attached hydrogens (primary N) is 1. The van der Waals surface area contributed by atoms with E-state index in [1.54, 1.807) is 6.07 Å². The summed E-state index contributed by atoms with van der Waals surface area (Å²) in [7, 11) is 0. The average molecular weight is 395 g/mol. The molecule has 0 saturated heterocycles. The average Bonchev–Trinajstić information content (AvgIpc) is 2.92. The van der Waals surface area contributed by atoms with Crippen LogP contribution in [0.3, 0.4) is 0 Å². The third kappa shape index (κ3) is 3.06. The molecule has 0 aliphatic rings. The van der Waals surface area contributed by atoms with Crippen molar-refractivity contribution >= 4 is 44.3 Å². The Bertz CT molecular complexity index is 1060. The second-order valence-electron chi connectivity index (χ2n) is 5.59. The van der Waals surface area contributed by atoms with E-state index in [9.17, 15) is 0 Å². The number of anilines is 3. The smallest absolute Gasteiger partial charge is 0.239 e. The van der Waals surface area contributed by atoms with Gasteiger partial charge < -0.3 is 11.1 Å². The van der Waals surface area contributed by atoms with Crippen molar-refractivity contribution in [1.29, 1.82) is 0 Å². The van der Waals surface area contributed by atoms with E-state index < -0.39 is 0 Å². The van der Waals surface area contributed by atoms with E-state index in [2.05, 4.69) is 36.2 Å². The molecule has 0 unspecified atom stereocenters. The second-order valence-corrected chi connectivity index (χ2v) is 6.51. The highest BCUT2D eigenvalue weighted by Crippen LogP contribution is 2.23. The number of para-hydroxylation sites is 2. The highest BCUT2D eigenvalue weighted by atomic mass is 79.9. The molecule has 4 aromatic rings. The van der Waals surface area contributed by atoms with Crippen LogP contribution < -0.4 is 11.1 Å². The number of aryl methyl sites for hydroxylation is 1. The van der Waals surface area contributed by atoms with Gasteiger partial charge in [0, 0.05) is 16.2 Å². The van der Waals surface area contributed by atoms with E-state index in [-0.39, 0.29) is 0 Å². The zero-order chi connectivity index (χ0) is 17.4. The van der Waals surface area contributed by atoms with Gasteiger partial charge in [-0.2, -0.15) is 9.97 Å². The van der Waals surface area contributed by atoms with Gasteiger partial charge in [-0.15, -0.1) is 0 Å². The molecule has 0 bridgehead atoms. The first-order chi connectivity index (χ1) is 12.1. The summed E-state index contributed by atoms with van der Waals surface area (Å²) in [6, 6.07) is 17.4. The minimum Gasteiger partial charge on any atom is -0.383 e. The third-order valence-electron chi connectivity index (χ3n) is 3.78. The lowest BCUT2D eigenvalue weighted by molar-refractivity contribution is 0.910. The van der Waals surface area contributed by atoms with Gasteiger partial charge in [0.1, 0.15) is 17.5 Å². The lowest BCUT2D eigenvalue weighted by Crippen LogP contribution is -2.07. The zero-order valence-corrected chi connectivity index (χ0v) is 15.0. The Balaban J connectivity index is 1.79. The number of nitrogens with zero attached hydrogens (tertiary/aromatic N) is 4. The maximum atomic E-state index is 6.01. The number of benzene rings is 2. The predicted octanol–water partition coefficient (Wildman–Crippen LogP) is 4.21. The molecule has 3 N–H and O–H groups in total. The molecule has 0 aliphatic carbocycles. The molecule has 2 aromatic heterocycles. The molecule has 25 heavy (non-hydrogen) atoms. The molecule has 0 fully saturated rings. The number of halogens is 1. The van der Waals surface area contributed by atoms with Gasteiger partial charge in [-0.05, 0) is 43.3 Å². The SMILES string of the molecule is Cc1nc2ccccc2n1-c1nc(N)cc(Nc2ccc(Br)cc2)n1. The summed E-state index contributed by atoms with van der Waals surface area (Å²) in [6.45, 7) is 1.92. The lowest BCUT2D eigenvalue weighted by Gasteiger charge is -2.10. The van der Waals surface area contributed by atoms with Crippen LogP contribution in [-0.4, -0.2) is 19.5 Å². The fourth-order valence-corrected chi connectivity index (χ4v) is 2.96.